The lowest BCUT2D eigenvalue weighted by Gasteiger charge is -2.27. The van der Waals surface area contributed by atoms with Crippen molar-refractivity contribution < 1.29 is 21.9 Å². The highest BCUT2D eigenvalue weighted by molar-refractivity contribution is 5.89. The highest BCUT2D eigenvalue weighted by Crippen LogP contribution is 2.43. The number of hydrogen-bond acceptors (Lipinski definition) is 3. The van der Waals surface area contributed by atoms with Crippen molar-refractivity contribution in [3.05, 3.63) is 59.7 Å². The number of benzene rings is 2. The van der Waals surface area contributed by atoms with Crippen LogP contribution in [0.2, 0.25) is 0 Å². The van der Waals surface area contributed by atoms with Crippen LogP contribution < -0.4 is 22.5 Å². The summed E-state index contributed by atoms with van der Waals surface area (Å²) >= 11 is 0. The molecular formula is C20H24ClN2O2-. The lowest BCUT2D eigenvalue weighted by atomic mass is 9.87. The molecule has 3 rings (SSSR count). The third-order valence-corrected chi connectivity index (χ3v) is 4.56. The number of fused-ring (bicyclic) bond motifs is 2. The van der Waals surface area contributed by atoms with Crippen molar-refractivity contribution in [1.82, 2.24) is 10.2 Å². The molecule has 4 nitrogen and oxygen atoms in total. The number of hydrogen-bond donors (Lipinski definition) is 1. The Hall–Kier alpha value is -2.04. The molecule has 25 heavy (non-hydrogen) atoms. The minimum absolute atomic E-state index is 0. The van der Waals surface area contributed by atoms with Gasteiger partial charge >= 0.3 is 0 Å². The Morgan fingerprint density at radius 2 is 1.52 bits per heavy atom. The number of nitrogens with zero attached hydrogens (tertiary/aromatic N) is 1. The Bertz CT molecular complexity index is 671. The molecule has 5 heteroatoms. The van der Waals surface area contributed by atoms with Crippen molar-refractivity contribution >= 4 is 5.91 Å². The summed E-state index contributed by atoms with van der Waals surface area (Å²) in [6.45, 7) is 7.78. The maximum Gasteiger partial charge on any atom is 0.232 e. The van der Waals surface area contributed by atoms with E-state index < -0.39 is 0 Å². The van der Waals surface area contributed by atoms with E-state index in [1.165, 1.54) is 0 Å². The molecule has 2 aromatic rings. The summed E-state index contributed by atoms with van der Waals surface area (Å²) in [5, 5.41) is 3.10. The second-order valence-electron chi connectivity index (χ2n) is 5.93. The summed E-state index contributed by atoms with van der Waals surface area (Å²) in [7, 11) is 0. The van der Waals surface area contributed by atoms with Crippen LogP contribution in [0.5, 0.6) is 11.5 Å². The Morgan fingerprint density at radius 1 is 1.00 bits per heavy atom. The predicted molar refractivity (Wildman–Crippen MR) is 95.6 cm³/mol. The lowest BCUT2D eigenvalue weighted by Crippen LogP contribution is -3.00. The van der Waals surface area contributed by atoms with E-state index in [1.54, 1.807) is 0 Å². The summed E-state index contributed by atoms with van der Waals surface area (Å²) in [6.07, 6.45) is 0. The van der Waals surface area contributed by atoms with Crippen LogP contribution in [0.15, 0.2) is 48.5 Å². The molecule has 1 aliphatic heterocycles. The van der Waals surface area contributed by atoms with Crippen molar-refractivity contribution in [3.63, 3.8) is 0 Å². The Labute approximate surface area is 155 Å². The summed E-state index contributed by atoms with van der Waals surface area (Å²) in [4.78, 5) is 15.2. The number of carbonyl (C=O) groups is 1. The van der Waals surface area contributed by atoms with Gasteiger partial charge in [0.05, 0.1) is 5.92 Å². The molecule has 1 aliphatic rings. The second-order valence-corrected chi connectivity index (χ2v) is 5.93. The topological polar surface area (TPSA) is 41.6 Å². The fourth-order valence-corrected chi connectivity index (χ4v) is 3.17. The third-order valence-electron chi connectivity index (χ3n) is 4.56. The van der Waals surface area contributed by atoms with Crippen molar-refractivity contribution in [2.75, 3.05) is 26.2 Å². The normalized spacial score (nSPS) is 12.6. The van der Waals surface area contributed by atoms with Crippen molar-refractivity contribution in [1.29, 1.82) is 0 Å². The van der Waals surface area contributed by atoms with Gasteiger partial charge in [-0.1, -0.05) is 50.2 Å². The SMILES string of the molecule is CCN(CC)CCNC(=O)C1c2ccccc2Oc2ccccc21.[Cl-]. The largest absolute Gasteiger partial charge is 1.00 e. The summed E-state index contributed by atoms with van der Waals surface area (Å²) in [5.41, 5.74) is 1.85. The van der Waals surface area contributed by atoms with Crippen LogP contribution in [0.4, 0.5) is 0 Å². The first-order chi connectivity index (χ1) is 11.7. The van der Waals surface area contributed by atoms with E-state index >= 15 is 0 Å². The molecule has 0 radical (unpaired) electrons. The van der Waals surface area contributed by atoms with Gasteiger partial charge in [-0.2, -0.15) is 0 Å². The van der Waals surface area contributed by atoms with Gasteiger partial charge in [0.2, 0.25) is 5.91 Å². The van der Waals surface area contributed by atoms with E-state index in [-0.39, 0.29) is 24.2 Å². The Balaban J connectivity index is 0.00000225. The molecule has 134 valence electrons. The molecule has 0 unspecified atom stereocenters. The van der Waals surface area contributed by atoms with E-state index in [9.17, 15) is 4.79 Å². The van der Waals surface area contributed by atoms with E-state index in [0.29, 0.717) is 6.54 Å². The fourth-order valence-electron chi connectivity index (χ4n) is 3.17. The molecule has 0 fully saturated rings. The van der Waals surface area contributed by atoms with E-state index in [2.05, 4.69) is 24.1 Å². The van der Waals surface area contributed by atoms with Gasteiger partial charge in [0, 0.05) is 24.2 Å². The van der Waals surface area contributed by atoms with E-state index in [4.69, 9.17) is 4.74 Å². The van der Waals surface area contributed by atoms with Gasteiger partial charge in [0.1, 0.15) is 11.5 Å². The number of amides is 1. The number of nitrogens with one attached hydrogen (secondary N) is 1. The lowest BCUT2D eigenvalue weighted by molar-refractivity contribution is -0.121. The molecule has 0 saturated heterocycles. The monoisotopic (exact) mass is 359 g/mol. The molecule has 0 aliphatic carbocycles. The van der Waals surface area contributed by atoms with Crippen molar-refractivity contribution in [3.8, 4) is 11.5 Å². The quantitative estimate of drug-likeness (QED) is 0.811. The maximum absolute atomic E-state index is 12.9. The van der Waals surface area contributed by atoms with Gasteiger partial charge in [-0.15, -0.1) is 0 Å². The molecule has 2 aromatic carbocycles. The molecule has 1 amide bonds. The van der Waals surface area contributed by atoms with Crippen LogP contribution in [-0.4, -0.2) is 37.0 Å². The van der Waals surface area contributed by atoms with Gasteiger partial charge in [-0.25, -0.2) is 0 Å². The van der Waals surface area contributed by atoms with Gasteiger partial charge in [0.15, 0.2) is 0 Å². The molecule has 1 N–H and O–H groups in total. The number of rotatable bonds is 6. The van der Waals surface area contributed by atoms with Crippen LogP contribution in [-0.2, 0) is 4.79 Å². The number of para-hydroxylation sites is 2. The zero-order chi connectivity index (χ0) is 16.9. The van der Waals surface area contributed by atoms with E-state index in [0.717, 1.165) is 42.3 Å². The summed E-state index contributed by atoms with van der Waals surface area (Å²) in [6, 6.07) is 15.5. The fraction of sp³-hybridized carbons (Fsp3) is 0.350. The number of carbonyl (C=O) groups excluding carboxylic acids is 1. The molecule has 1 heterocycles. The van der Waals surface area contributed by atoms with Gasteiger partial charge < -0.3 is 27.4 Å². The van der Waals surface area contributed by atoms with Crippen LogP contribution in [0.3, 0.4) is 0 Å². The van der Waals surface area contributed by atoms with Gasteiger partial charge in [0.25, 0.3) is 0 Å². The van der Waals surface area contributed by atoms with Crippen LogP contribution in [0.1, 0.15) is 30.9 Å². The molecule has 0 saturated carbocycles. The first-order valence-corrected chi connectivity index (χ1v) is 8.60. The third kappa shape index (κ3) is 4.14. The van der Waals surface area contributed by atoms with Crippen molar-refractivity contribution in [2.24, 2.45) is 0 Å². The standard InChI is InChI=1S/C20H24N2O2.ClH/c1-3-22(4-2)14-13-21-20(23)19-15-9-5-7-11-17(15)24-18-12-8-6-10-16(18)19;/h5-12,19H,3-4,13-14H2,1-2H3,(H,21,23);1H/p-1. The van der Waals surface area contributed by atoms with E-state index in [1.807, 2.05) is 48.5 Å². The Kier molecular flexibility index (Phi) is 6.85. The predicted octanol–water partition coefficient (Wildman–Crippen LogP) is 0.386. The van der Waals surface area contributed by atoms with Gasteiger partial charge in [-0.05, 0) is 25.2 Å². The minimum atomic E-state index is -0.317. The zero-order valence-corrected chi connectivity index (χ0v) is 15.4. The Morgan fingerprint density at radius 3 is 2.04 bits per heavy atom. The first-order valence-electron chi connectivity index (χ1n) is 8.60. The highest BCUT2D eigenvalue weighted by Gasteiger charge is 2.32. The van der Waals surface area contributed by atoms with Crippen molar-refractivity contribution in [2.45, 2.75) is 19.8 Å². The second kappa shape index (κ2) is 8.88. The zero-order valence-electron chi connectivity index (χ0n) is 14.7. The van der Waals surface area contributed by atoms with Crippen LogP contribution in [0, 0.1) is 0 Å². The number of halogens is 1. The van der Waals surface area contributed by atoms with Gasteiger partial charge in [-0.3, -0.25) is 4.79 Å². The molecule has 0 aromatic heterocycles. The van der Waals surface area contributed by atoms with Crippen LogP contribution in [0.25, 0.3) is 0 Å². The average Bonchev–Trinajstić information content (AvgIpc) is 2.63. The summed E-state index contributed by atoms with van der Waals surface area (Å²) < 4.78 is 5.95. The molecule has 0 bridgehead atoms. The maximum atomic E-state index is 12.9. The molecular weight excluding hydrogens is 336 g/mol. The van der Waals surface area contributed by atoms with Crippen LogP contribution >= 0.6 is 0 Å². The first kappa shape index (κ1) is 19.3. The average molecular weight is 360 g/mol. The number of likely N-dealkylation sites (N-methyl/N-ethyl adjacent to an activating group) is 1. The number of ether oxygens (including phenoxy) is 1. The highest BCUT2D eigenvalue weighted by atomic mass is 35.5. The smallest absolute Gasteiger partial charge is 0.232 e. The molecule has 0 atom stereocenters. The minimum Gasteiger partial charge on any atom is -1.00 e. The summed E-state index contributed by atoms with van der Waals surface area (Å²) in [5.74, 6) is 1.24. The molecule has 0 spiro atoms.